The molecule has 0 atom stereocenters. The van der Waals surface area contributed by atoms with Gasteiger partial charge in [-0.2, -0.15) is 4.98 Å². The quantitative estimate of drug-likeness (QED) is 0.900. The van der Waals surface area contributed by atoms with Crippen molar-refractivity contribution >= 4 is 0 Å². The highest BCUT2D eigenvalue weighted by Gasteiger charge is 2.21. The molecule has 0 saturated carbocycles. The van der Waals surface area contributed by atoms with Crippen LogP contribution >= 0.6 is 0 Å². The summed E-state index contributed by atoms with van der Waals surface area (Å²) in [6.07, 6.45) is 7.12. The van der Waals surface area contributed by atoms with Gasteiger partial charge in [0.25, 0.3) is 11.4 Å². The minimum absolute atomic E-state index is 0.248. The molecule has 2 aromatic heterocycles. The number of aromatic nitrogens is 4. The molecule has 3 heterocycles. The van der Waals surface area contributed by atoms with Gasteiger partial charge in [-0.05, 0) is 44.8 Å². The lowest BCUT2D eigenvalue weighted by Gasteiger charge is -2.31. The van der Waals surface area contributed by atoms with Crippen LogP contribution < -0.4 is 5.56 Å². The highest BCUT2D eigenvalue weighted by molar-refractivity contribution is 5.43. The molecular formula is C15H21N5O2. The van der Waals surface area contributed by atoms with Crippen molar-refractivity contribution in [2.24, 2.45) is 5.92 Å². The molecule has 1 saturated heterocycles. The fraction of sp³-hybridized carbons (Fsp3) is 0.600. The molecule has 0 spiro atoms. The van der Waals surface area contributed by atoms with E-state index < -0.39 is 0 Å². The number of nitrogens with one attached hydrogen (secondary N) is 1. The summed E-state index contributed by atoms with van der Waals surface area (Å²) < 4.78 is 5.24. The van der Waals surface area contributed by atoms with Crippen LogP contribution in [0.1, 0.15) is 32.0 Å². The predicted molar refractivity (Wildman–Crippen MR) is 81.3 cm³/mol. The van der Waals surface area contributed by atoms with E-state index >= 15 is 0 Å². The van der Waals surface area contributed by atoms with Gasteiger partial charge >= 0.3 is 0 Å². The first-order valence-electron chi connectivity index (χ1n) is 7.84. The molecule has 2 aromatic rings. The standard InChI is InChI=1S/C15H21N5O2/c1-2-5-20-6-3-11(4-7-20)8-13-18-15(22-19-13)12-9-17-14(21)10-16-12/h9-11H,2-8H2,1H3,(H,17,21). The molecule has 0 bridgehead atoms. The molecule has 1 N–H and O–H groups in total. The van der Waals surface area contributed by atoms with Crippen LogP contribution in [0.3, 0.4) is 0 Å². The van der Waals surface area contributed by atoms with Gasteiger partial charge in [0.1, 0.15) is 5.69 Å². The van der Waals surface area contributed by atoms with Crippen LogP contribution in [0.4, 0.5) is 0 Å². The predicted octanol–water partition coefficient (Wildman–Crippen LogP) is 1.48. The van der Waals surface area contributed by atoms with Crippen molar-refractivity contribution in [2.75, 3.05) is 19.6 Å². The number of rotatable bonds is 5. The zero-order chi connectivity index (χ0) is 15.4. The Hall–Kier alpha value is -2.02. The number of hydrogen-bond donors (Lipinski definition) is 1. The maximum atomic E-state index is 11.0. The van der Waals surface area contributed by atoms with Crippen molar-refractivity contribution in [1.29, 1.82) is 0 Å². The van der Waals surface area contributed by atoms with Crippen molar-refractivity contribution in [2.45, 2.75) is 32.6 Å². The molecule has 7 heteroatoms. The Morgan fingerprint density at radius 1 is 1.41 bits per heavy atom. The van der Waals surface area contributed by atoms with Gasteiger partial charge in [-0.15, -0.1) is 0 Å². The molecular weight excluding hydrogens is 282 g/mol. The first-order chi connectivity index (χ1) is 10.7. The van der Waals surface area contributed by atoms with Crippen LogP contribution in [0.15, 0.2) is 21.7 Å². The summed E-state index contributed by atoms with van der Waals surface area (Å²) in [4.78, 5) is 24.5. The lowest BCUT2D eigenvalue weighted by Crippen LogP contribution is -2.34. The van der Waals surface area contributed by atoms with Crippen molar-refractivity contribution < 1.29 is 4.52 Å². The number of piperidine rings is 1. The van der Waals surface area contributed by atoms with Gasteiger partial charge in [-0.3, -0.25) is 4.79 Å². The van der Waals surface area contributed by atoms with E-state index in [0.717, 1.165) is 25.3 Å². The van der Waals surface area contributed by atoms with Gasteiger partial charge in [0.15, 0.2) is 5.82 Å². The Morgan fingerprint density at radius 2 is 2.23 bits per heavy atom. The summed E-state index contributed by atoms with van der Waals surface area (Å²) in [6, 6.07) is 0. The molecule has 7 nitrogen and oxygen atoms in total. The number of nitrogens with zero attached hydrogens (tertiary/aromatic N) is 4. The van der Waals surface area contributed by atoms with Gasteiger partial charge in [-0.1, -0.05) is 12.1 Å². The van der Waals surface area contributed by atoms with Crippen LogP contribution in [-0.4, -0.2) is 44.6 Å². The van der Waals surface area contributed by atoms with Gasteiger partial charge < -0.3 is 14.4 Å². The Kier molecular flexibility index (Phi) is 4.62. The topological polar surface area (TPSA) is 87.9 Å². The van der Waals surface area contributed by atoms with E-state index in [1.807, 2.05) is 0 Å². The zero-order valence-corrected chi connectivity index (χ0v) is 12.8. The number of H-pyrrole nitrogens is 1. The minimum atomic E-state index is -0.248. The molecule has 1 aliphatic heterocycles. The smallest absolute Gasteiger partial charge is 0.278 e. The molecule has 118 valence electrons. The molecule has 22 heavy (non-hydrogen) atoms. The molecule has 3 rings (SSSR count). The highest BCUT2D eigenvalue weighted by Crippen LogP contribution is 2.21. The van der Waals surface area contributed by atoms with E-state index in [1.165, 1.54) is 38.2 Å². The highest BCUT2D eigenvalue weighted by atomic mass is 16.5. The van der Waals surface area contributed by atoms with Crippen molar-refractivity contribution in [3.05, 3.63) is 28.6 Å². The average molecular weight is 303 g/mol. The Morgan fingerprint density at radius 3 is 2.91 bits per heavy atom. The van der Waals surface area contributed by atoms with Crippen molar-refractivity contribution in [3.63, 3.8) is 0 Å². The number of hydrogen-bond acceptors (Lipinski definition) is 6. The van der Waals surface area contributed by atoms with E-state index in [1.54, 1.807) is 0 Å². The minimum Gasteiger partial charge on any atom is -0.332 e. The van der Waals surface area contributed by atoms with Crippen LogP contribution in [-0.2, 0) is 6.42 Å². The molecule has 0 aromatic carbocycles. The summed E-state index contributed by atoms with van der Waals surface area (Å²) in [5.41, 5.74) is 0.249. The second-order valence-corrected chi connectivity index (χ2v) is 5.80. The van der Waals surface area contributed by atoms with E-state index in [9.17, 15) is 4.79 Å². The number of aromatic amines is 1. The normalized spacial score (nSPS) is 17.0. The monoisotopic (exact) mass is 303 g/mol. The van der Waals surface area contributed by atoms with Gasteiger partial charge in [-0.25, -0.2) is 4.98 Å². The van der Waals surface area contributed by atoms with Gasteiger partial charge in [0.2, 0.25) is 0 Å². The maximum absolute atomic E-state index is 11.0. The largest absolute Gasteiger partial charge is 0.332 e. The van der Waals surface area contributed by atoms with E-state index in [2.05, 4.69) is 31.9 Å². The first kappa shape index (κ1) is 14.9. The molecule has 0 radical (unpaired) electrons. The summed E-state index contributed by atoms with van der Waals surface area (Å²) in [7, 11) is 0. The summed E-state index contributed by atoms with van der Waals surface area (Å²) >= 11 is 0. The third-order valence-corrected chi connectivity index (χ3v) is 4.08. The third-order valence-electron chi connectivity index (χ3n) is 4.08. The SMILES string of the molecule is CCCN1CCC(Cc2noc(-c3c[nH]c(=O)cn3)n2)CC1. The fourth-order valence-electron chi connectivity index (χ4n) is 2.89. The van der Waals surface area contributed by atoms with Crippen LogP contribution in [0.25, 0.3) is 11.6 Å². The number of likely N-dealkylation sites (tertiary alicyclic amines) is 1. The van der Waals surface area contributed by atoms with Crippen LogP contribution in [0, 0.1) is 5.92 Å². The van der Waals surface area contributed by atoms with Crippen molar-refractivity contribution in [3.8, 4) is 11.6 Å². The lowest BCUT2D eigenvalue weighted by atomic mass is 9.93. The molecule has 1 aliphatic rings. The second-order valence-electron chi connectivity index (χ2n) is 5.80. The second kappa shape index (κ2) is 6.83. The maximum Gasteiger partial charge on any atom is 0.278 e. The molecule has 1 fully saturated rings. The van der Waals surface area contributed by atoms with Crippen molar-refractivity contribution in [1.82, 2.24) is 25.0 Å². The molecule has 0 unspecified atom stereocenters. The zero-order valence-electron chi connectivity index (χ0n) is 12.8. The summed E-state index contributed by atoms with van der Waals surface area (Å²) in [5, 5.41) is 4.03. The van der Waals surface area contributed by atoms with E-state index in [4.69, 9.17) is 4.52 Å². The summed E-state index contributed by atoms with van der Waals surface area (Å²) in [5.74, 6) is 1.69. The van der Waals surface area contributed by atoms with E-state index in [-0.39, 0.29) is 5.56 Å². The molecule has 0 amide bonds. The Labute approximate surface area is 128 Å². The van der Waals surface area contributed by atoms with Crippen LogP contribution in [0.5, 0.6) is 0 Å². The van der Waals surface area contributed by atoms with Gasteiger partial charge in [0.05, 0.1) is 6.20 Å². The lowest BCUT2D eigenvalue weighted by molar-refractivity contribution is 0.182. The van der Waals surface area contributed by atoms with E-state index in [0.29, 0.717) is 17.5 Å². The Balaban J connectivity index is 1.58. The molecule has 0 aliphatic carbocycles. The average Bonchev–Trinajstić information content (AvgIpc) is 2.99. The van der Waals surface area contributed by atoms with Crippen LogP contribution in [0.2, 0.25) is 0 Å². The Bertz CT molecular complexity index is 637. The fourth-order valence-corrected chi connectivity index (χ4v) is 2.89. The summed E-state index contributed by atoms with van der Waals surface area (Å²) in [6.45, 7) is 5.73. The third kappa shape index (κ3) is 3.59. The van der Waals surface area contributed by atoms with Gasteiger partial charge in [0, 0.05) is 12.6 Å². The first-order valence-corrected chi connectivity index (χ1v) is 7.84.